The van der Waals surface area contributed by atoms with Gasteiger partial charge in [-0.3, -0.25) is 9.59 Å². The highest BCUT2D eigenvalue weighted by molar-refractivity contribution is 5.80. The van der Waals surface area contributed by atoms with Crippen LogP contribution in [0.4, 0.5) is 13.2 Å². The van der Waals surface area contributed by atoms with Gasteiger partial charge in [0.15, 0.2) is 0 Å². The Bertz CT molecular complexity index is 586. The quantitative estimate of drug-likeness (QED) is 0.860. The molecule has 2 N–H and O–H groups in total. The fourth-order valence-electron chi connectivity index (χ4n) is 2.79. The van der Waals surface area contributed by atoms with Crippen molar-refractivity contribution in [3.63, 3.8) is 0 Å². The van der Waals surface area contributed by atoms with Crippen LogP contribution in [0.25, 0.3) is 0 Å². The number of carbonyl (C=O) groups is 2. The molecule has 24 heavy (non-hydrogen) atoms. The van der Waals surface area contributed by atoms with Crippen LogP contribution in [0.3, 0.4) is 0 Å². The standard InChI is InChI=1S/C16H18F3NO4/c17-16(18,19)24-13-6-4-10(5-7-13)9-20-14(21)11-2-1-3-12(8-11)15(22)23/h4-7,11-12H,1-3,8-9H2,(H,20,21)(H,22,23). The second kappa shape index (κ2) is 7.55. The van der Waals surface area contributed by atoms with Crippen molar-refractivity contribution in [2.75, 3.05) is 0 Å². The zero-order chi connectivity index (χ0) is 17.7. The van der Waals surface area contributed by atoms with E-state index in [4.69, 9.17) is 5.11 Å². The predicted octanol–water partition coefficient (Wildman–Crippen LogP) is 3.09. The van der Waals surface area contributed by atoms with Gasteiger partial charge in [-0.1, -0.05) is 18.6 Å². The summed E-state index contributed by atoms with van der Waals surface area (Å²) in [7, 11) is 0. The monoisotopic (exact) mass is 345 g/mol. The Labute approximate surface area is 136 Å². The average Bonchev–Trinajstić information content (AvgIpc) is 2.52. The number of hydrogen-bond acceptors (Lipinski definition) is 3. The molecule has 1 aromatic carbocycles. The zero-order valence-electron chi connectivity index (χ0n) is 12.8. The lowest BCUT2D eigenvalue weighted by molar-refractivity contribution is -0.274. The molecule has 2 atom stereocenters. The predicted molar refractivity (Wildman–Crippen MR) is 78.1 cm³/mol. The number of alkyl halides is 3. The Morgan fingerprint density at radius 2 is 1.79 bits per heavy atom. The van der Waals surface area contributed by atoms with Crippen molar-refractivity contribution in [1.29, 1.82) is 0 Å². The fourth-order valence-corrected chi connectivity index (χ4v) is 2.79. The fraction of sp³-hybridized carbons (Fsp3) is 0.500. The smallest absolute Gasteiger partial charge is 0.481 e. The molecule has 1 fully saturated rings. The second-order valence-electron chi connectivity index (χ2n) is 5.81. The largest absolute Gasteiger partial charge is 0.573 e. The molecule has 1 aliphatic carbocycles. The summed E-state index contributed by atoms with van der Waals surface area (Å²) in [6.07, 6.45) is -2.50. The number of halogens is 3. The Kier molecular flexibility index (Phi) is 5.69. The average molecular weight is 345 g/mol. The number of ether oxygens (including phenoxy) is 1. The first-order valence-electron chi connectivity index (χ1n) is 7.60. The molecule has 2 rings (SSSR count). The van der Waals surface area contributed by atoms with Crippen LogP contribution in [-0.4, -0.2) is 23.3 Å². The third kappa shape index (κ3) is 5.43. The summed E-state index contributed by atoms with van der Waals surface area (Å²) in [5.74, 6) is -2.26. The maximum absolute atomic E-state index is 12.1. The molecule has 0 saturated heterocycles. The summed E-state index contributed by atoms with van der Waals surface area (Å²) >= 11 is 0. The van der Waals surface area contributed by atoms with Gasteiger partial charge in [-0.25, -0.2) is 0 Å². The Hall–Kier alpha value is -2.25. The van der Waals surface area contributed by atoms with Gasteiger partial charge in [0, 0.05) is 12.5 Å². The third-order valence-electron chi connectivity index (χ3n) is 4.02. The minimum atomic E-state index is -4.74. The van der Waals surface area contributed by atoms with Gasteiger partial charge < -0.3 is 15.2 Å². The number of rotatable bonds is 5. The first-order chi connectivity index (χ1) is 11.2. The molecule has 0 bridgehead atoms. The maximum atomic E-state index is 12.1. The van der Waals surface area contributed by atoms with Crippen molar-refractivity contribution >= 4 is 11.9 Å². The Morgan fingerprint density at radius 3 is 2.38 bits per heavy atom. The molecular weight excluding hydrogens is 327 g/mol. The molecule has 2 unspecified atom stereocenters. The lowest BCUT2D eigenvalue weighted by Crippen LogP contribution is -2.35. The van der Waals surface area contributed by atoms with E-state index >= 15 is 0 Å². The zero-order valence-corrected chi connectivity index (χ0v) is 12.8. The van der Waals surface area contributed by atoms with Gasteiger partial charge in [-0.05, 0) is 37.0 Å². The van der Waals surface area contributed by atoms with E-state index in [0.29, 0.717) is 31.2 Å². The van der Waals surface area contributed by atoms with E-state index < -0.39 is 18.2 Å². The van der Waals surface area contributed by atoms with E-state index in [9.17, 15) is 22.8 Å². The molecule has 5 nitrogen and oxygen atoms in total. The molecule has 1 aromatic rings. The highest BCUT2D eigenvalue weighted by Crippen LogP contribution is 2.29. The molecule has 0 spiro atoms. The molecule has 1 saturated carbocycles. The van der Waals surface area contributed by atoms with Gasteiger partial charge in [0.2, 0.25) is 5.91 Å². The second-order valence-corrected chi connectivity index (χ2v) is 5.81. The summed E-state index contributed by atoms with van der Waals surface area (Å²) in [5.41, 5.74) is 0.628. The molecular formula is C16H18F3NO4. The molecule has 132 valence electrons. The van der Waals surface area contributed by atoms with Gasteiger partial charge in [0.1, 0.15) is 5.75 Å². The minimum absolute atomic E-state index is 0.166. The van der Waals surface area contributed by atoms with Crippen LogP contribution in [-0.2, 0) is 16.1 Å². The number of benzene rings is 1. The summed E-state index contributed by atoms with van der Waals surface area (Å²) in [5, 5.41) is 11.7. The van der Waals surface area contributed by atoms with Crippen molar-refractivity contribution in [2.45, 2.75) is 38.6 Å². The van der Waals surface area contributed by atoms with Crippen LogP contribution in [0.1, 0.15) is 31.2 Å². The number of nitrogens with one attached hydrogen (secondary N) is 1. The molecule has 0 heterocycles. The number of carboxylic acid groups (broad SMARTS) is 1. The highest BCUT2D eigenvalue weighted by Gasteiger charge is 2.31. The first-order valence-corrected chi connectivity index (χ1v) is 7.60. The van der Waals surface area contributed by atoms with Crippen LogP contribution in [0.5, 0.6) is 5.75 Å². The van der Waals surface area contributed by atoms with Crippen molar-refractivity contribution < 1.29 is 32.6 Å². The molecule has 1 aliphatic rings. The van der Waals surface area contributed by atoms with E-state index in [-0.39, 0.29) is 24.1 Å². The number of hydrogen-bond donors (Lipinski definition) is 2. The summed E-state index contributed by atoms with van der Waals surface area (Å²) in [6.45, 7) is 0.166. The topological polar surface area (TPSA) is 75.6 Å². The van der Waals surface area contributed by atoms with Crippen LogP contribution in [0, 0.1) is 11.8 Å². The molecule has 8 heteroatoms. The Morgan fingerprint density at radius 1 is 1.17 bits per heavy atom. The molecule has 0 radical (unpaired) electrons. The van der Waals surface area contributed by atoms with Crippen molar-refractivity contribution in [2.24, 2.45) is 11.8 Å². The van der Waals surface area contributed by atoms with Crippen LogP contribution in [0.2, 0.25) is 0 Å². The minimum Gasteiger partial charge on any atom is -0.481 e. The van der Waals surface area contributed by atoms with Crippen LogP contribution >= 0.6 is 0 Å². The normalized spacial score (nSPS) is 21.1. The van der Waals surface area contributed by atoms with Crippen LogP contribution < -0.4 is 10.1 Å². The van der Waals surface area contributed by atoms with E-state index in [1.807, 2.05) is 0 Å². The summed E-state index contributed by atoms with van der Waals surface area (Å²) in [6, 6.07) is 5.22. The number of carbonyl (C=O) groups excluding carboxylic acids is 1. The number of carboxylic acids is 1. The maximum Gasteiger partial charge on any atom is 0.573 e. The van der Waals surface area contributed by atoms with Gasteiger partial charge in [-0.2, -0.15) is 0 Å². The van der Waals surface area contributed by atoms with E-state index in [1.165, 1.54) is 24.3 Å². The molecule has 0 aromatic heterocycles. The first kappa shape index (κ1) is 18.1. The lowest BCUT2D eigenvalue weighted by Gasteiger charge is -2.25. The van der Waals surface area contributed by atoms with E-state index in [0.717, 1.165) is 0 Å². The number of amides is 1. The highest BCUT2D eigenvalue weighted by atomic mass is 19.4. The van der Waals surface area contributed by atoms with Gasteiger partial charge in [-0.15, -0.1) is 13.2 Å². The van der Waals surface area contributed by atoms with Gasteiger partial charge >= 0.3 is 12.3 Å². The summed E-state index contributed by atoms with van der Waals surface area (Å²) < 4.78 is 40.0. The van der Waals surface area contributed by atoms with Gasteiger partial charge in [0.25, 0.3) is 0 Å². The third-order valence-corrected chi connectivity index (χ3v) is 4.02. The van der Waals surface area contributed by atoms with E-state index in [1.54, 1.807) is 0 Å². The van der Waals surface area contributed by atoms with Crippen molar-refractivity contribution in [1.82, 2.24) is 5.32 Å². The van der Waals surface area contributed by atoms with Crippen LogP contribution in [0.15, 0.2) is 24.3 Å². The van der Waals surface area contributed by atoms with Gasteiger partial charge in [0.05, 0.1) is 5.92 Å². The van der Waals surface area contributed by atoms with Crippen molar-refractivity contribution in [3.8, 4) is 5.75 Å². The number of aliphatic carboxylic acids is 1. The summed E-state index contributed by atoms with van der Waals surface area (Å²) in [4.78, 5) is 23.1. The SMILES string of the molecule is O=C(O)C1CCCC(C(=O)NCc2ccc(OC(F)(F)F)cc2)C1. The lowest BCUT2D eigenvalue weighted by atomic mass is 9.81. The Balaban J connectivity index is 1.84. The molecule has 1 amide bonds. The van der Waals surface area contributed by atoms with E-state index in [2.05, 4.69) is 10.1 Å². The van der Waals surface area contributed by atoms with Crippen molar-refractivity contribution in [3.05, 3.63) is 29.8 Å². The molecule has 0 aliphatic heterocycles.